The summed E-state index contributed by atoms with van der Waals surface area (Å²) in [5.74, 6) is -0.453. The molecule has 3 aromatic carbocycles. The predicted octanol–water partition coefficient (Wildman–Crippen LogP) is 7.62. The molecule has 3 aromatic rings. The van der Waals surface area contributed by atoms with Crippen LogP contribution in [0.3, 0.4) is 0 Å². The van der Waals surface area contributed by atoms with Crippen molar-refractivity contribution >= 4 is 35.2 Å². The van der Waals surface area contributed by atoms with Crippen molar-refractivity contribution in [3.8, 4) is 28.0 Å². The predicted molar refractivity (Wildman–Crippen MR) is 149 cm³/mol. The molecule has 0 aliphatic carbocycles. The Morgan fingerprint density at radius 2 is 1.78 bits per heavy atom. The molecule has 1 aliphatic heterocycles. The molecular weight excluding hydrogens is 494 g/mol. The quantitative estimate of drug-likeness (QED) is 0.273. The molecular formula is C29H32ClNO4S. The topological polar surface area (TPSA) is 59.0 Å². The van der Waals surface area contributed by atoms with E-state index < -0.39 is 17.7 Å². The molecule has 0 aromatic heterocycles. The Balaban J connectivity index is 2.18. The van der Waals surface area contributed by atoms with Crippen molar-refractivity contribution in [1.29, 1.82) is 0 Å². The number of phenols is 1. The second-order valence-electron chi connectivity index (χ2n) is 9.93. The average molecular weight is 526 g/mol. The standard InChI is InChI=1S/C29H32ClNO4S/c1-16-23(21-13-12-19(30)14-22(21)32)25(27(28(33)34-6)35-29(3,4)5)17(2)26-24(16)20-11-9-8-10-18(20)15-31(26)36-7/h8-14,27,32H,15H2,1-7H3/t27-/m0/s1. The molecule has 5 nitrogen and oxygen atoms in total. The van der Waals surface area contributed by atoms with Crippen molar-refractivity contribution in [2.45, 2.75) is 52.9 Å². The molecule has 190 valence electrons. The zero-order valence-corrected chi connectivity index (χ0v) is 23.3. The van der Waals surface area contributed by atoms with E-state index in [4.69, 9.17) is 21.1 Å². The lowest BCUT2D eigenvalue weighted by Gasteiger charge is -2.37. The number of carbonyl (C=O) groups is 1. The third-order valence-electron chi connectivity index (χ3n) is 6.46. The molecule has 0 spiro atoms. The van der Waals surface area contributed by atoms with Gasteiger partial charge in [0.15, 0.2) is 6.10 Å². The fourth-order valence-corrected chi connectivity index (χ4v) is 5.86. The molecule has 0 saturated heterocycles. The molecule has 1 aliphatic rings. The van der Waals surface area contributed by atoms with Crippen LogP contribution < -0.4 is 4.31 Å². The number of phenolic OH excluding ortho intramolecular Hbond substituents is 1. The number of halogens is 1. The highest BCUT2D eigenvalue weighted by atomic mass is 35.5. The number of carbonyl (C=O) groups excluding carboxylic acids is 1. The van der Waals surface area contributed by atoms with Gasteiger partial charge in [0.05, 0.1) is 24.9 Å². The van der Waals surface area contributed by atoms with Crippen LogP contribution in [0.15, 0.2) is 42.5 Å². The third-order valence-corrected chi connectivity index (χ3v) is 7.45. The smallest absolute Gasteiger partial charge is 0.339 e. The van der Waals surface area contributed by atoms with Crippen LogP contribution in [0, 0.1) is 13.8 Å². The minimum absolute atomic E-state index is 0.0383. The lowest BCUT2D eigenvalue weighted by Crippen LogP contribution is -2.30. The largest absolute Gasteiger partial charge is 0.507 e. The van der Waals surface area contributed by atoms with Crippen LogP contribution in [-0.2, 0) is 20.8 Å². The maximum Gasteiger partial charge on any atom is 0.339 e. The number of anilines is 1. The summed E-state index contributed by atoms with van der Waals surface area (Å²) in [5.41, 5.74) is 7.73. The Morgan fingerprint density at radius 3 is 2.39 bits per heavy atom. The Kier molecular flexibility index (Phi) is 7.33. The number of rotatable bonds is 5. The van der Waals surface area contributed by atoms with E-state index in [1.807, 2.05) is 40.7 Å². The number of methoxy groups -OCH3 is 1. The number of aromatic hydroxyl groups is 1. The van der Waals surface area contributed by atoms with Gasteiger partial charge in [-0.25, -0.2) is 4.79 Å². The van der Waals surface area contributed by atoms with Crippen LogP contribution >= 0.6 is 23.5 Å². The van der Waals surface area contributed by atoms with Crippen LogP contribution in [0.4, 0.5) is 5.69 Å². The van der Waals surface area contributed by atoms with Gasteiger partial charge in [0.2, 0.25) is 0 Å². The molecule has 1 N–H and O–H groups in total. The summed E-state index contributed by atoms with van der Waals surface area (Å²) in [6, 6.07) is 13.4. The summed E-state index contributed by atoms with van der Waals surface area (Å²) < 4.78 is 13.8. The van der Waals surface area contributed by atoms with E-state index in [9.17, 15) is 9.90 Å². The van der Waals surface area contributed by atoms with E-state index in [2.05, 4.69) is 28.8 Å². The van der Waals surface area contributed by atoms with Gasteiger partial charge in [-0.15, -0.1) is 0 Å². The Bertz CT molecular complexity index is 1330. The van der Waals surface area contributed by atoms with Crippen LogP contribution in [0.5, 0.6) is 5.75 Å². The fourth-order valence-electron chi connectivity index (χ4n) is 5.02. The zero-order valence-electron chi connectivity index (χ0n) is 21.7. The number of esters is 1. The summed E-state index contributed by atoms with van der Waals surface area (Å²) in [4.78, 5) is 13.2. The molecule has 0 unspecified atom stereocenters. The van der Waals surface area contributed by atoms with Crippen LogP contribution in [0.1, 0.15) is 49.1 Å². The van der Waals surface area contributed by atoms with E-state index in [1.165, 1.54) is 18.7 Å². The van der Waals surface area contributed by atoms with Gasteiger partial charge in [0.1, 0.15) is 5.75 Å². The van der Waals surface area contributed by atoms with E-state index in [1.54, 1.807) is 24.1 Å². The van der Waals surface area contributed by atoms with Gasteiger partial charge in [0.25, 0.3) is 0 Å². The number of benzene rings is 3. The van der Waals surface area contributed by atoms with Crippen molar-refractivity contribution in [2.75, 3.05) is 17.7 Å². The lowest BCUT2D eigenvalue weighted by molar-refractivity contribution is -0.164. The van der Waals surface area contributed by atoms with Gasteiger partial charge in [-0.3, -0.25) is 0 Å². The fraction of sp³-hybridized carbons (Fsp3) is 0.345. The van der Waals surface area contributed by atoms with Crippen molar-refractivity contribution < 1.29 is 19.4 Å². The minimum Gasteiger partial charge on any atom is -0.507 e. The van der Waals surface area contributed by atoms with E-state index in [0.717, 1.165) is 40.0 Å². The maximum absolute atomic E-state index is 13.2. The van der Waals surface area contributed by atoms with Gasteiger partial charge in [-0.05, 0) is 80.6 Å². The summed E-state index contributed by atoms with van der Waals surface area (Å²) >= 11 is 7.83. The SMILES string of the molecule is COC(=O)[C@@H](OC(C)(C)C)c1c(C)c2c(c(C)c1-c1ccc(Cl)cc1O)-c1ccccc1CN2SC. The zero-order chi connectivity index (χ0) is 26.4. The van der Waals surface area contributed by atoms with Crippen LogP contribution in [0.25, 0.3) is 22.3 Å². The highest BCUT2D eigenvalue weighted by molar-refractivity contribution is 7.99. The maximum atomic E-state index is 13.2. The number of ether oxygens (including phenoxy) is 2. The number of nitrogens with zero attached hydrogens (tertiary/aromatic N) is 1. The highest BCUT2D eigenvalue weighted by Gasteiger charge is 2.37. The first-order valence-electron chi connectivity index (χ1n) is 11.8. The monoisotopic (exact) mass is 525 g/mol. The second kappa shape index (κ2) is 10.0. The molecule has 4 rings (SSSR count). The molecule has 36 heavy (non-hydrogen) atoms. The Labute approximate surface area is 222 Å². The second-order valence-corrected chi connectivity index (χ2v) is 11.2. The van der Waals surface area contributed by atoms with Crippen molar-refractivity contribution in [3.05, 3.63) is 69.7 Å². The third kappa shape index (κ3) is 4.70. The highest BCUT2D eigenvalue weighted by Crippen LogP contribution is 2.53. The molecule has 0 amide bonds. The summed E-state index contributed by atoms with van der Waals surface area (Å²) in [7, 11) is 1.37. The van der Waals surface area contributed by atoms with Gasteiger partial charge in [-0.2, -0.15) is 0 Å². The number of hydrogen-bond acceptors (Lipinski definition) is 6. The van der Waals surface area contributed by atoms with E-state index in [-0.39, 0.29) is 5.75 Å². The van der Waals surface area contributed by atoms with E-state index >= 15 is 0 Å². The molecule has 7 heteroatoms. The molecule has 0 bridgehead atoms. The van der Waals surface area contributed by atoms with Crippen molar-refractivity contribution in [1.82, 2.24) is 0 Å². The molecule has 0 radical (unpaired) electrons. The van der Waals surface area contributed by atoms with Crippen molar-refractivity contribution in [2.24, 2.45) is 0 Å². The van der Waals surface area contributed by atoms with Gasteiger partial charge < -0.3 is 18.9 Å². The first kappa shape index (κ1) is 26.4. The Hall–Kier alpha value is -2.67. The van der Waals surface area contributed by atoms with E-state index in [0.29, 0.717) is 16.1 Å². The van der Waals surface area contributed by atoms with Gasteiger partial charge in [-0.1, -0.05) is 47.8 Å². The van der Waals surface area contributed by atoms with Gasteiger partial charge in [0, 0.05) is 28.0 Å². The molecule has 1 atom stereocenters. The summed E-state index contributed by atoms with van der Waals surface area (Å²) in [5, 5.41) is 11.5. The molecule has 0 saturated carbocycles. The normalized spacial score (nSPS) is 13.7. The van der Waals surface area contributed by atoms with Crippen LogP contribution in [-0.4, -0.2) is 30.0 Å². The molecule has 0 fully saturated rings. The first-order chi connectivity index (χ1) is 17.0. The van der Waals surface area contributed by atoms with Crippen LogP contribution in [0.2, 0.25) is 5.02 Å². The number of hydrogen-bond donors (Lipinski definition) is 1. The summed E-state index contributed by atoms with van der Waals surface area (Å²) in [6.07, 6.45) is 1.05. The number of fused-ring (bicyclic) bond motifs is 3. The first-order valence-corrected chi connectivity index (χ1v) is 13.4. The summed E-state index contributed by atoms with van der Waals surface area (Å²) in [6.45, 7) is 10.5. The van der Waals surface area contributed by atoms with Crippen molar-refractivity contribution in [3.63, 3.8) is 0 Å². The Morgan fingerprint density at radius 1 is 1.08 bits per heavy atom. The average Bonchev–Trinajstić information content (AvgIpc) is 2.83. The minimum atomic E-state index is -0.995. The molecule has 1 heterocycles. The van der Waals surface area contributed by atoms with Gasteiger partial charge >= 0.3 is 5.97 Å². The lowest BCUT2D eigenvalue weighted by atomic mass is 9.80.